The zero-order valence-electron chi connectivity index (χ0n) is 27.2. The van der Waals surface area contributed by atoms with Gasteiger partial charge in [0.1, 0.15) is 5.60 Å². The van der Waals surface area contributed by atoms with Gasteiger partial charge in [-0.25, -0.2) is 9.59 Å². The highest BCUT2D eigenvalue weighted by atomic mass is 127. The van der Waals surface area contributed by atoms with Gasteiger partial charge in [-0.3, -0.25) is 0 Å². The number of carbonyl (C=O) groups excluding carboxylic acids is 2. The quantitative estimate of drug-likeness (QED) is 0.105. The van der Waals surface area contributed by atoms with Gasteiger partial charge in [0.25, 0.3) is 0 Å². The van der Waals surface area contributed by atoms with Crippen molar-refractivity contribution in [2.45, 2.75) is 105 Å². The molecule has 3 amide bonds. The molecule has 1 saturated heterocycles. The smallest absolute Gasteiger partial charge is 0.409 e. The molecule has 4 atom stereocenters. The highest BCUT2D eigenvalue weighted by Gasteiger charge is 2.46. The first-order valence-electron chi connectivity index (χ1n) is 16.5. The third-order valence-corrected chi connectivity index (χ3v) is 12.8. The summed E-state index contributed by atoms with van der Waals surface area (Å²) in [5, 5.41) is 25.7. The van der Waals surface area contributed by atoms with Gasteiger partial charge in [0.2, 0.25) is 0 Å². The molecule has 0 spiro atoms. The third-order valence-electron chi connectivity index (χ3n) is 9.26. The maximum atomic E-state index is 13.8. The van der Waals surface area contributed by atoms with Crippen molar-refractivity contribution in [3.05, 3.63) is 34.9 Å². The number of alkyl halides is 1. The maximum Gasteiger partial charge on any atom is 0.409 e. The second-order valence-electron chi connectivity index (χ2n) is 14.1. The fraction of sp³-hybridized carbons (Fsp3) is 0.758. The van der Waals surface area contributed by atoms with Crippen LogP contribution in [-0.2, 0) is 10.3 Å². The fourth-order valence-corrected chi connectivity index (χ4v) is 8.86. The lowest BCUT2D eigenvalue weighted by Crippen LogP contribution is -2.56. The summed E-state index contributed by atoms with van der Waals surface area (Å²) in [5.74, 6) is 0.334. The van der Waals surface area contributed by atoms with Gasteiger partial charge in [-0.2, -0.15) is 0 Å². The SMILES string of the molecule is CN(CC(CC1CCCCC1)NC(=O)N1CCC[C@@H]([C@](O)(c2cccc(Cl)c2)C(I)CCCO)C1)C(=O)OCC[Si](C)(C)C. The first kappa shape index (κ1) is 37.4. The van der Waals surface area contributed by atoms with Crippen LogP contribution >= 0.6 is 34.2 Å². The molecule has 1 heterocycles. The molecule has 1 aliphatic heterocycles. The highest BCUT2D eigenvalue weighted by molar-refractivity contribution is 14.1. The predicted octanol–water partition coefficient (Wildman–Crippen LogP) is 7.27. The first-order chi connectivity index (χ1) is 20.8. The van der Waals surface area contributed by atoms with Gasteiger partial charge in [0.05, 0.1) is 6.61 Å². The number of benzene rings is 1. The standard InChI is InChI=1S/C33H55ClIN3O5Si/c1-37(32(41)43-19-20-44(2,3)4)24-29(21-25-11-6-5-7-12-25)36-31(40)38-17-9-14-27(23-38)33(42,30(35)16-10-18-39)26-13-8-15-28(34)22-26/h8,13,15,22,25,27,29-30,39,42H,5-7,9-12,14,16-21,23-24H2,1-4H3,(H,36,40)/t27-,29?,30?,33-/m1/s1. The van der Waals surface area contributed by atoms with Crippen molar-refractivity contribution in [2.75, 3.05) is 39.9 Å². The van der Waals surface area contributed by atoms with Crippen LogP contribution in [0.4, 0.5) is 9.59 Å². The molecular formula is C33H55ClIN3O5Si. The van der Waals surface area contributed by atoms with Crippen molar-refractivity contribution < 1.29 is 24.5 Å². The lowest BCUT2D eigenvalue weighted by molar-refractivity contribution is -0.0472. The zero-order chi connectivity index (χ0) is 32.3. The molecule has 44 heavy (non-hydrogen) atoms. The van der Waals surface area contributed by atoms with Crippen molar-refractivity contribution >= 4 is 54.4 Å². The normalized spacial score (nSPS) is 20.8. The summed E-state index contributed by atoms with van der Waals surface area (Å²) in [6.45, 7) is 8.70. The molecule has 2 unspecified atom stereocenters. The Bertz CT molecular complexity index is 1060. The lowest BCUT2D eigenvalue weighted by Gasteiger charge is -2.45. The molecule has 250 valence electrons. The van der Waals surface area contributed by atoms with E-state index >= 15 is 0 Å². The van der Waals surface area contributed by atoms with E-state index in [4.69, 9.17) is 16.3 Å². The fourth-order valence-electron chi connectivity index (χ4n) is 6.65. The minimum absolute atomic E-state index is 0.0625. The number of aliphatic hydroxyl groups excluding tert-OH is 1. The van der Waals surface area contributed by atoms with Crippen LogP contribution in [0.5, 0.6) is 0 Å². The second kappa shape index (κ2) is 17.7. The number of hydrogen-bond donors (Lipinski definition) is 3. The second-order valence-corrected chi connectivity index (χ2v) is 21.7. The third kappa shape index (κ3) is 11.3. The van der Waals surface area contributed by atoms with Gasteiger partial charge in [0, 0.05) is 62.3 Å². The molecule has 2 aliphatic rings. The van der Waals surface area contributed by atoms with Crippen molar-refractivity contribution in [1.82, 2.24) is 15.1 Å². The number of nitrogens with zero attached hydrogens (tertiary/aromatic N) is 2. The minimum Gasteiger partial charge on any atom is -0.450 e. The molecule has 0 radical (unpaired) electrons. The van der Waals surface area contributed by atoms with Crippen molar-refractivity contribution in [1.29, 1.82) is 0 Å². The van der Waals surface area contributed by atoms with Crippen LogP contribution in [0.3, 0.4) is 0 Å². The Morgan fingerprint density at radius 1 is 1.20 bits per heavy atom. The summed E-state index contributed by atoms with van der Waals surface area (Å²) >= 11 is 8.66. The van der Waals surface area contributed by atoms with E-state index in [9.17, 15) is 19.8 Å². The predicted molar refractivity (Wildman–Crippen MR) is 189 cm³/mol. The van der Waals surface area contributed by atoms with Crippen molar-refractivity contribution in [2.24, 2.45) is 11.8 Å². The number of hydrogen-bond acceptors (Lipinski definition) is 5. The lowest BCUT2D eigenvalue weighted by atomic mass is 9.74. The minimum atomic E-state index is -1.31. The van der Waals surface area contributed by atoms with E-state index in [2.05, 4.69) is 47.5 Å². The van der Waals surface area contributed by atoms with Gasteiger partial charge in [-0.15, -0.1) is 0 Å². The summed E-state index contributed by atoms with van der Waals surface area (Å²) < 4.78 is 5.42. The van der Waals surface area contributed by atoms with E-state index in [0.29, 0.717) is 50.0 Å². The Balaban J connectivity index is 1.73. The Morgan fingerprint density at radius 3 is 2.59 bits per heavy atom. The number of halogens is 2. The van der Waals surface area contributed by atoms with Gasteiger partial charge in [-0.05, 0) is 61.8 Å². The number of rotatable bonds is 14. The van der Waals surface area contributed by atoms with Gasteiger partial charge in [0.15, 0.2) is 0 Å². The molecule has 11 heteroatoms. The number of aliphatic hydroxyl groups is 2. The zero-order valence-corrected chi connectivity index (χ0v) is 31.1. The number of likely N-dealkylation sites (tertiary alicyclic amines) is 1. The van der Waals surface area contributed by atoms with Crippen LogP contribution in [0, 0.1) is 11.8 Å². The average molecular weight is 764 g/mol. The molecule has 1 aliphatic carbocycles. The Hall–Kier alpha value is -1.08. The molecule has 3 N–H and O–H groups in total. The largest absolute Gasteiger partial charge is 0.450 e. The highest BCUT2D eigenvalue weighted by Crippen LogP contribution is 2.44. The summed E-state index contributed by atoms with van der Waals surface area (Å²) in [5.41, 5.74) is -0.458. The van der Waals surface area contributed by atoms with Crippen LogP contribution in [0.15, 0.2) is 24.3 Å². The number of amides is 3. The van der Waals surface area contributed by atoms with E-state index in [-0.39, 0.29) is 34.6 Å². The number of urea groups is 1. The van der Waals surface area contributed by atoms with Crippen LogP contribution in [0.2, 0.25) is 30.7 Å². The molecule has 3 rings (SSSR count). The monoisotopic (exact) mass is 763 g/mol. The molecule has 2 fully saturated rings. The molecule has 0 aromatic heterocycles. The number of carbonyl (C=O) groups is 2. The van der Waals surface area contributed by atoms with Crippen LogP contribution < -0.4 is 5.32 Å². The van der Waals surface area contributed by atoms with E-state index in [1.807, 2.05) is 23.1 Å². The van der Waals surface area contributed by atoms with Gasteiger partial charge < -0.3 is 30.1 Å². The molecule has 0 bridgehead atoms. The van der Waals surface area contributed by atoms with E-state index in [0.717, 1.165) is 43.7 Å². The summed E-state index contributed by atoms with van der Waals surface area (Å²) in [6.07, 6.45) is 9.27. The average Bonchev–Trinajstić information content (AvgIpc) is 2.99. The van der Waals surface area contributed by atoms with Crippen molar-refractivity contribution in [3.63, 3.8) is 0 Å². The Kier molecular flexibility index (Phi) is 15.1. The van der Waals surface area contributed by atoms with Crippen LogP contribution in [-0.4, -0.2) is 90.1 Å². The summed E-state index contributed by atoms with van der Waals surface area (Å²) in [7, 11) is 0.442. The van der Waals surface area contributed by atoms with E-state index < -0.39 is 13.7 Å². The Morgan fingerprint density at radius 2 is 1.93 bits per heavy atom. The number of piperidine rings is 1. The summed E-state index contributed by atoms with van der Waals surface area (Å²) in [4.78, 5) is 30.1. The number of nitrogens with one attached hydrogen (secondary N) is 1. The van der Waals surface area contributed by atoms with Crippen LogP contribution in [0.25, 0.3) is 0 Å². The summed E-state index contributed by atoms with van der Waals surface area (Å²) in [6, 6.07) is 7.98. The van der Waals surface area contributed by atoms with Gasteiger partial charge in [-0.1, -0.05) is 98.1 Å². The topological polar surface area (TPSA) is 102 Å². The number of likely N-dealkylation sites (N-methyl/N-ethyl adjacent to an activating group) is 1. The molecule has 8 nitrogen and oxygen atoms in total. The van der Waals surface area contributed by atoms with Gasteiger partial charge >= 0.3 is 12.1 Å². The van der Waals surface area contributed by atoms with E-state index in [1.165, 1.54) is 19.3 Å². The van der Waals surface area contributed by atoms with Crippen molar-refractivity contribution in [3.8, 4) is 0 Å². The van der Waals surface area contributed by atoms with Crippen LogP contribution in [0.1, 0.15) is 69.8 Å². The molecular weight excluding hydrogens is 709 g/mol. The number of ether oxygens (including phenoxy) is 1. The van der Waals surface area contributed by atoms with E-state index in [1.54, 1.807) is 18.0 Å². The molecule has 1 aromatic carbocycles. The molecule has 1 saturated carbocycles. The molecule has 1 aromatic rings. The first-order valence-corrected chi connectivity index (χ1v) is 21.8. The Labute approximate surface area is 284 Å². The maximum absolute atomic E-state index is 13.8.